The minimum Gasteiger partial charge on any atom is -0.379 e. The minimum absolute atomic E-state index is 0.427. The average molecular weight is 295 g/mol. The Morgan fingerprint density at radius 2 is 2.14 bits per heavy atom. The van der Waals surface area contributed by atoms with Gasteiger partial charge in [0.05, 0.1) is 12.2 Å². The number of H-pyrrole nitrogens is 1. The topological polar surface area (TPSA) is 58.5 Å². The molecule has 3 aromatic rings. The second-order valence-corrected chi connectivity index (χ2v) is 5.70. The van der Waals surface area contributed by atoms with E-state index in [0.29, 0.717) is 5.92 Å². The van der Waals surface area contributed by atoms with Gasteiger partial charge in [0.25, 0.3) is 0 Å². The molecule has 0 saturated heterocycles. The lowest BCUT2D eigenvalue weighted by molar-refractivity contribution is 0.670. The Balaban J connectivity index is 1.69. The number of nitrogens with zero attached hydrogens (tertiary/aromatic N) is 3. The van der Waals surface area contributed by atoms with Gasteiger partial charge in [-0.3, -0.25) is 5.10 Å². The molecular weight excluding hydrogens is 274 g/mol. The smallest absolute Gasteiger partial charge is 0.111 e. The predicted octanol–water partition coefficient (Wildman–Crippen LogP) is 3.39. The Hall–Kier alpha value is -2.56. The highest BCUT2D eigenvalue weighted by atomic mass is 15.1. The molecule has 0 atom stereocenters. The van der Waals surface area contributed by atoms with Crippen molar-refractivity contribution in [3.8, 4) is 0 Å². The Labute approximate surface area is 130 Å². The van der Waals surface area contributed by atoms with Gasteiger partial charge >= 0.3 is 0 Å². The quantitative estimate of drug-likeness (QED) is 0.733. The number of rotatable bonds is 6. The summed E-state index contributed by atoms with van der Waals surface area (Å²) in [7, 11) is 0. The zero-order valence-electron chi connectivity index (χ0n) is 13.0. The second kappa shape index (κ2) is 6.47. The molecule has 2 aromatic heterocycles. The van der Waals surface area contributed by atoms with Gasteiger partial charge < -0.3 is 9.88 Å². The molecule has 0 spiro atoms. The van der Waals surface area contributed by atoms with Gasteiger partial charge in [0.1, 0.15) is 5.82 Å². The standard InChI is InChI=1S/C17H21N5/c1-13(2)17-18-8-9-22(17)12-14-4-3-5-15(10-14)19-11-16-6-7-20-21-16/h3-10,13,19H,11-12H2,1-2H3,(H,20,21). The largest absolute Gasteiger partial charge is 0.379 e. The Morgan fingerprint density at radius 3 is 2.91 bits per heavy atom. The number of aromatic nitrogens is 4. The molecule has 0 fully saturated rings. The van der Waals surface area contributed by atoms with Crippen LogP contribution in [0.25, 0.3) is 0 Å². The van der Waals surface area contributed by atoms with E-state index in [2.05, 4.69) is 63.2 Å². The highest BCUT2D eigenvalue weighted by Crippen LogP contribution is 2.16. The molecule has 5 nitrogen and oxygen atoms in total. The number of aromatic amines is 1. The van der Waals surface area contributed by atoms with Crippen LogP contribution in [0.4, 0.5) is 5.69 Å². The van der Waals surface area contributed by atoms with Crippen molar-refractivity contribution in [3.05, 3.63) is 66.0 Å². The monoisotopic (exact) mass is 295 g/mol. The number of nitrogens with one attached hydrogen (secondary N) is 2. The Kier molecular flexibility index (Phi) is 4.23. The molecule has 0 bridgehead atoms. The van der Waals surface area contributed by atoms with Gasteiger partial charge in [-0.15, -0.1) is 0 Å². The lowest BCUT2D eigenvalue weighted by atomic mass is 10.1. The molecule has 0 saturated carbocycles. The summed E-state index contributed by atoms with van der Waals surface area (Å²) < 4.78 is 2.21. The molecule has 0 unspecified atom stereocenters. The summed E-state index contributed by atoms with van der Waals surface area (Å²) >= 11 is 0. The van der Waals surface area contributed by atoms with Crippen LogP contribution in [0, 0.1) is 0 Å². The SMILES string of the molecule is CC(C)c1nccn1Cc1cccc(NCc2ccn[nH]2)c1. The summed E-state index contributed by atoms with van der Waals surface area (Å²) in [6, 6.07) is 10.5. The summed E-state index contributed by atoms with van der Waals surface area (Å²) in [5.74, 6) is 1.55. The zero-order valence-corrected chi connectivity index (χ0v) is 13.0. The van der Waals surface area contributed by atoms with Gasteiger partial charge in [-0.05, 0) is 23.8 Å². The van der Waals surface area contributed by atoms with Crippen molar-refractivity contribution in [3.63, 3.8) is 0 Å². The number of benzene rings is 1. The summed E-state index contributed by atoms with van der Waals surface area (Å²) in [6.07, 6.45) is 5.68. The first-order chi connectivity index (χ1) is 10.7. The van der Waals surface area contributed by atoms with E-state index < -0.39 is 0 Å². The van der Waals surface area contributed by atoms with Crippen LogP contribution in [0.2, 0.25) is 0 Å². The molecular formula is C17H21N5. The average Bonchev–Trinajstić information content (AvgIpc) is 3.16. The maximum Gasteiger partial charge on any atom is 0.111 e. The van der Waals surface area contributed by atoms with E-state index in [-0.39, 0.29) is 0 Å². The molecule has 22 heavy (non-hydrogen) atoms. The first-order valence-corrected chi connectivity index (χ1v) is 7.54. The van der Waals surface area contributed by atoms with Gasteiger partial charge in [-0.2, -0.15) is 5.10 Å². The first-order valence-electron chi connectivity index (χ1n) is 7.54. The van der Waals surface area contributed by atoms with Crippen molar-refractivity contribution in [2.24, 2.45) is 0 Å². The van der Waals surface area contributed by atoms with Crippen LogP contribution < -0.4 is 5.32 Å². The maximum absolute atomic E-state index is 4.44. The number of hydrogen-bond acceptors (Lipinski definition) is 3. The van der Waals surface area contributed by atoms with E-state index in [9.17, 15) is 0 Å². The molecule has 1 aromatic carbocycles. The first kappa shape index (κ1) is 14.4. The van der Waals surface area contributed by atoms with Crippen molar-refractivity contribution in [2.75, 3.05) is 5.32 Å². The van der Waals surface area contributed by atoms with Crippen LogP contribution in [-0.4, -0.2) is 19.7 Å². The fourth-order valence-electron chi connectivity index (χ4n) is 2.51. The van der Waals surface area contributed by atoms with E-state index in [0.717, 1.165) is 30.3 Å². The Bertz CT molecular complexity index is 712. The van der Waals surface area contributed by atoms with Crippen LogP contribution in [0.15, 0.2) is 48.9 Å². The number of hydrogen-bond donors (Lipinski definition) is 2. The fourth-order valence-corrected chi connectivity index (χ4v) is 2.51. The van der Waals surface area contributed by atoms with E-state index in [1.165, 1.54) is 5.56 Å². The van der Waals surface area contributed by atoms with Gasteiger partial charge in [0, 0.05) is 36.7 Å². The summed E-state index contributed by atoms with van der Waals surface area (Å²) in [6.45, 7) is 5.92. The number of anilines is 1. The lowest BCUT2D eigenvalue weighted by Crippen LogP contribution is -2.06. The summed E-state index contributed by atoms with van der Waals surface area (Å²) in [5, 5.41) is 10.3. The van der Waals surface area contributed by atoms with E-state index in [1.807, 2.05) is 18.5 Å². The molecule has 0 aliphatic carbocycles. The molecule has 0 aliphatic rings. The fraction of sp³-hybridized carbons (Fsp3) is 0.294. The minimum atomic E-state index is 0.427. The van der Waals surface area contributed by atoms with Crippen molar-refractivity contribution >= 4 is 5.69 Å². The van der Waals surface area contributed by atoms with Crippen molar-refractivity contribution in [1.29, 1.82) is 0 Å². The van der Waals surface area contributed by atoms with Crippen LogP contribution in [-0.2, 0) is 13.1 Å². The maximum atomic E-state index is 4.44. The van der Waals surface area contributed by atoms with E-state index in [1.54, 1.807) is 6.20 Å². The second-order valence-electron chi connectivity index (χ2n) is 5.70. The molecule has 0 aliphatic heterocycles. The lowest BCUT2D eigenvalue weighted by Gasteiger charge is -2.12. The van der Waals surface area contributed by atoms with Gasteiger partial charge in [0.2, 0.25) is 0 Å². The third kappa shape index (κ3) is 3.36. The van der Waals surface area contributed by atoms with Gasteiger partial charge in [-0.25, -0.2) is 4.98 Å². The van der Waals surface area contributed by atoms with Gasteiger partial charge in [-0.1, -0.05) is 26.0 Å². The van der Waals surface area contributed by atoms with Crippen molar-refractivity contribution in [2.45, 2.75) is 32.9 Å². The normalized spacial score (nSPS) is 11.0. The molecule has 2 heterocycles. The molecule has 0 radical (unpaired) electrons. The molecule has 0 amide bonds. The molecule has 2 N–H and O–H groups in total. The van der Waals surface area contributed by atoms with E-state index >= 15 is 0 Å². The molecule has 114 valence electrons. The van der Waals surface area contributed by atoms with Crippen LogP contribution in [0.1, 0.15) is 36.8 Å². The van der Waals surface area contributed by atoms with Crippen LogP contribution in [0.3, 0.4) is 0 Å². The summed E-state index contributed by atoms with van der Waals surface area (Å²) in [5.41, 5.74) is 3.44. The molecule has 3 rings (SSSR count). The zero-order chi connectivity index (χ0) is 15.4. The highest BCUT2D eigenvalue weighted by molar-refractivity contribution is 5.46. The van der Waals surface area contributed by atoms with Crippen molar-refractivity contribution < 1.29 is 0 Å². The van der Waals surface area contributed by atoms with Crippen molar-refractivity contribution in [1.82, 2.24) is 19.7 Å². The molecule has 5 heteroatoms. The van der Waals surface area contributed by atoms with E-state index in [4.69, 9.17) is 0 Å². The van der Waals surface area contributed by atoms with Crippen LogP contribution in [0.5, 0.6) is 0 Å². The third-order valence-electron chi connectivity index (χ3n) is 3.59. The van der Waals surface area contributed by atoms with Gasteiger partial charge in [0.15, 0.2) is 0 Å². The Morgan fingerprint density at radius 1 is 1.23 bits per heavy atom. The predicted molar refractivity (Wildman–Crippen MR) is 87.8 cm³/mol. The van der Waals surface area contributed by atoms with Crippen LogP contribution >= 0.6 is 0 Å². The number of imidazole rings is 1. The summed E-state index contributed by atoms with van der Waals surface area (Å²) in [4.78, 5) is 4.44. The highest BCUT2D eigenvalue weighted by Gasteiger charge is 2.07. The third-order valence-corrected chi connectivity index (χ3v) is 3.59.